The summed E-state index contributed by atoms with van der Waals surface area (Å²) in [4.78, 5) is 30.7. The van der Waals surface area contributed by atoms with Crippen LogP contribution in [-0.4, -0.2) is 38.4 Å². The minimum Gasteiger partial charge on any atom is -0.376 e. The molecule has 164 valence electrons. The Hall–Kier alpha value is -2.43. The molecule has 1 aromatic carbocycles. The summed E-state index contributed by atoms with van der Waals surface area (Å²) in [6, 6.07) is 7.95. The van der Waals surface area contributed by atoms with Crippen LogP contribution in [0.2, 0.25) is 0 Å². The summed E-state index contributed by atoms with van der Waals surface area (Å²) in [5.74, 6) is 0.461. The van der Waals surface area contributed by atoms with E-state index in [1.54, 1.807) is 9.47 Å². The molecule has 1 unspecified atom stereocenters. The molecular weight excluding hydrogens is 434 g/mol. The highest BCUT2D eigenvalue weighted by Crippen LogP contribution is 2.31. The van der Waals surface area contributed by atoms with Crippen LogP contribution in [-0.2, 0) is 28.2 Å². The summed E-state index contributed by atoms with van der Waals surface area (Å²) in [5.41, 5.74) is 2.63. The first-order valence-electron chi connectivity index (χ1n) is 10.3. The Morgan fingerprint density at radius 1 is 1.39 bits per heavy atom. The van der Waals surface area contributed by atoms with Crippen LogP contribution in [0.4, 0.5) is 10.8 Å². The zero-order valence-corrected chi connectivity index (χ0v) is 19.2. The van der Waals surface area contributed by atoms with Crippen LogP contribution in [0.25, 0.3) is 0 Å². The second-order valence-electron chi connectivity index (χ2n) is 7.34. The van der Waals surface area contributed by atoms with Gasteiger partial charge in [0.05, 0.1) is 24.0 Å². The van der Waals surface area contributed by atoms with Gasteiger partial charge in [0.2, 0.25) is 5.91 Å². The second-order valence-corrected chi connectivity index (χ2v) is 9.12. The predicted octanol–water partition coefficient (Wildman–Crippen LogP) is 3.75. The number of thiazole rings is 1. The second kappa shape index (κ2) is 9.80. The normalized spacial score (nSPS) is 16.0. The number of nitrogens with zero attached hydrogens (tertiary/aromatic N) is 4. The number of carbonyl (C=O) groups excluding carboxylic acids is 1. The number of anilines is 2. The fraction of sp³-hybridized carbons (Fsp3) is 0.429. The Morgan fingerprint density at radius 3 is 2.87 bits per heavy atom. The van der Waals surface area contributed by atoms with Crippen molar-refractivity contribution in [2.75, 3.05) is 11.5 Å². The lowest BCUT2D eigenvalue weighted by atomic mass is 10.1. The van der Waals surface area contributed by atoms with E-state index in [0.29, 0.717) is 22.6 Å². The monoisotopic (exact) mass is 459 g/mol. The van der Waals surface area contributed by atoms with E-state index in [1.807, 2.05) is 29.6 Å². The molecule has 1 aliphatic heterocycles. The van der Waals surface area contributed by atoms with E-state index in [2.05, 4.69) is 22.1 Å². The van der Waals surface area contributed by atoms with Crippen LogP contribution in [0, 0.1) is 0 Å². The van der Waals surface area contributed by atoms with E-state index >= 15 is 0 Å². The number of H-pyrrole nitrogens is 1. The van der Waals surface area contributed by atoms with E-state index in [-0.39, 0.29) is 17.7 Å². The van der Waals surface area contributed by atoms with Crippen LogP contribution in [0.5, 0.6) is 0 Å². The standard InChI is InChI=1S/C21H25N5O3S2/c1-3-15-6-8-17(9-7-15)26(14(2)27)20-22-16(12-30-20)13-31-21-24-23-19(28)25(21)11-18-5-4-10-29-18/h6-9,12,18H,3-5,10-11,13H2,1-2H3,(H,23,28). The number of rotatable bonds is 8. The highest BCUT2D eigenvalue weighted by Gasteiger charge is 2.21. The highest BCUT2D eigenvalue weighted by molar-refractivity contribution is 7.98. The third-order valence-corrected chi connectivity index (χ3v) is 7.02. The number of amides is 1. The number of benzene rings is 1. The van der Waals surface area contributed by atoms with Crippen molar-refractivity contribution in [2.45, 2.75) is 56.7 Å². The van der Waals surface area contributed by atoms with E-state index in [1.165, 1.54) is 35.6 Å². The van der Waals surface area contributed by atoms with Gasteiger partial charge in [-0.25, -0.2) is 14.9 Å². The number of hydrogen-bond donors (Lipinski definition) is 1. The van der Waals surface area contributed by atoms with E-state index < -0.39 is 0 Å². The Morgan fingerprint density at radius 2 is 2.19 bits per heavy atom. The summed E-state index contributed by atoms with van der Waals surface area (Å²) < 4.78 is 7.28. The van der Waals surface area contributed by atoms with Gasteiger partial charge in [-0.3, -0.25) is 14.3 Å². The molecule has 31 heavy (non-hydrogen) atoms. The molecule has 0 spiro atoms. The molecule has 2 aromatic heterocycles. The largest absolute Gasteiger partial charge is 0.376 e. The van der Waals surface area contributed by atoms with E-state index in [0.717, 1.165) is 37.3 Å². The van der Waals surface area contributed by atoms with Crippen molar-refractivity contribution in [2.24, 2.45) is 0 Å². The molecule has 0 aliphatic carbocycles. The number of ether oxygens (including phenoxy) is 1. The molecule has 1 fully saturated rings. The van der Waals surface area contributed by atoms with Crippen molar-refractivity contribution in [3.8, 4) is 0 Å². The number of thioether (sulfide) groups is 1. The van der Waals surface area contributed by atoms with Gasteiger partial charge in [0.15, 0.2) is 10.3 Å². The van der Waals surface area contributed by atoms with Crippen LogP contribution < -0.4 is 10.6 Å². The summed E-state index contributed by atoms with van der Waals surface area (Å²) in [6.07, 6.45) is 2.99. The molecule has 10 heteroatoms. The van der Waals surface area contributed by atoms with Gasteiger partial charge >= 0.3 is 5.69 Å². The average molecular weight is 460 g/mol. The lowest BCUT2D eigenvalue weighted by Gasteiger charge is -2.18. The Labute approximate surface area is 188 Å². The van der Waals surface area contributed by atoms with Gasteiger partial charge in [0, 0.05) is 24.7 Å². The Kier molecular flexibility index (Phi) is 6.89. The zero-order chi connectivity index (χ0) is 21.8. The van der Waals surface area contributed by atoms with Crippen LogP contribution in [0.3, 0.4) is 0 Å². The average Bonchev–Trinajstić information content (AvgIpc) is 3.51. The maximum Gasteiger partial charge on any atom is 0.344 e. The zero-order valence-electron chi connectivity index (χ0n) is 17.5. The first kappa shape index (κ1) is 21.8. The van der Waals surface area contributed by atoms with Crippen molar-refractivity contribution < 1.29 is 9.53 Å². The van der Waals surface area contributed by atoms with Crippen molar-refractivity contribution in [1.29, 1.82) is 0 Å². The number of aromatic amines is 1. The lowest BCUT2D eigenvalue weighted by molar-refractivity contribution is -0.115. The van der Waals surface area contributed by atoms with Crippen molar-refractivity contribution in [3.63, 3.8) is 0 Å². The number of nitrogens with one attached hydrogen (secondary N) is 1. The molecule has 0 radical (unpaired) electrons. The smallest absolute Gasteiger partial charge is 0.344 e. The number of carbonyl (C=O) groups is 1. The summed E-state index contributed by atoms with van der Waals surface area (Å²) in [5, 5.41) is 9.87. The SMILES string of the molecule is CCc1ccc(N(C(C)=O)c2nc(CSc3n[nH]c(=O)n3CC3CCCO3)cs2)cc1. The Bertz CT molecular complexity index is 1080. The number of aromatic nitrogens is 4. The maximum atomic E-state index is 12.3. The van der Waals surface area contributed by atoms with Gasteiger partial charge in [0.1, 0.15) is 0 Å². The number of hydrogen-bond acceptors (Lipinski definition) is 7. The molecule has 1 atom stereocenters. The lowest BCUT2D eigenvalue weighted by Crippen LogP contribution is -2.25. The fourth-order valence-electron chi connectivity index (χ4n) is 3.48. The van der Waals surface area contributed by atoms with Crippen LogP contribution in [0.15, 0.2) is 39.6 Å². The Balaban J connectivity index is 1.46. The molecule has 1 aliphatic rings. The van der Waals surface area contributed by atoms with Gasteiger partial charge in [-0.15, -0.1) is 16.4 Å². The molecule has 8 nitrogen and oxygen atoms in total. The molecule has 1 saturated heterocycles. The van der Waals surface area contributed by atoms with Gasteiger partial charge in [-0.05, 0) is 37.0 Å². The van der Waals surface area contributed by atoms with Crippen molar-refractivity contribution in [3.05, 3.63) is 51.4 Å². The minimum absolute atomic E-state index is 0.0590. The van der Waals surface area contributed by atoms with Crippen molar-refractivity contribution >= 4 is 39.8 Å². The van der Waals surface area contributed by atoms with E-state index in [4.69, 9.17) is 4.74 Å². The molecule has 1 amide bonds. The van der Waals surface area contributed by atoms with Gasteiger partial charge in [0.25, 0.3) is 0 Å². The topological polar surface area (TPSA) is 93.1 Å². The summed E-state index contributed by atoms with van der Waals surface area (Å²) in [6.45, 7) is 4.89. The quantitative estimate of drug-likeness (QED) is 0.516. The van der Waals surface area contributed by atoms with Gasteiger partial charge < -0.3 is 4.74 Å². The molecular formula is C21H25N5O3S2. The van der Waals surface area contributed by atoms with Crippen LogP contribution >= 0.6 is 23.1 Å². The van der Waals surface area contributed by atoms with E-state index in [9.17, 15) is 9.59 Å². The fourth-order valence-corrected chi connectivity index (χ4v) is 5.32. The third kappa shape index (κ3) is 5.08. The summed E-state index contributed by atoms with van der Waals surface area (Å²) in [7, 11) is 0. The minimum atomic E-state index is -0.227. The molecule has 0 bridgehead atoms. The third-order valence-electron chi connectivity index (χ3n) is 5.13. The first-order chi connectivity index (χ1) is 15.0. The van der Waals surface area contributed by atoms with Crippen LogP contribution in [0.1, 0.15) is 37.9 Å². The van der Waals surface area contributed by atoms with Crippen molar-refractivity contribution in [1.82, 2.24) is 19.7 Å². The molecule has 1 N–H and O–H groups in total. The molecule has 4 rings (SSSR count). The summed E-state index contributed by atoms with van der Waals surface area (Å²) >= 11 is 2.87. The molecule has 0 saturated carbocycles. The first-order valence-corrected chi connectivity index (χ1v) is 12.1. The molecule has 3 heterocycles. The maximum absolute atomic E-state index is 12.3. The van der Waals surface area contributed by atoms with Gasteiger partial charge in [-0.2, -0.15) is 0 Å². The predicted molar refractivity (Wildman–Crippen MR) is 122 cm³/mol. The molecule has 3 aromatic rings. The number of aryl methyl sites for hydroxylation is 1. The highest BCUT2D eigenvalue weighted by atomic mass is 32.2. The van der Waals surface area contributed by atoms with Gasteiger partial charge in [-0.1, -0.05) is 30.8 Å².